The zero-order chi connectivity index (χ0) is 22.0. The van der Waals surface area contributed by atoms with Crippen molar-refractivity contribution in [1.82, 2.24) is 21.1 Å². The number of rotatable bonds is 15. The highest BCUT2D eigenvalue weighted by Crippen LogP contribution is 2.17. The minimum absolute atomic E-state index is 0.0398. The molecule has 0 aromatic carbocycles. The minimum atomic E-state index is -0.658. The summed E-state index contributed by atoms with van der Waals surface area (Å²) in [6.45, 7) is 15.0. The summed E-state index contributed by atoms with van der Waals surface area (Å²) in [7, 11) is 0. The molecule has 0 aliphatic heterocycles. The molecule has 0 rings (SSSR count). The summed E-state index contributed by atoms with van der Waals surface area (Å²) in [6, 6.07) is -2.46. The second kappa shape index (κ2) is 12.9. The number of carbonyl (C=O) groups is 4. The van der Waals surface area contributed by atoms with Gasteiger partial charge in [0.05, 0.1) is 24.2 Å². The van der Waals surface area contributed by atoms with Crippen LogP contribution >= 0.6 is 0 Å². The first-order chi connectivity index (χ1) is 13.0. The van der Waals surface area contributed by atoms with Crippen LogP contribution in [-0.4, -0.2) is 59.5 Å². The molecule has 162 valence electrons. The Kier molecular flexibility index (Phi) is 12.2. The van der Waals surface area contributed by atoms with Crippen LogP contribution in [0.2, 0.25) is 0 Å². The third-order valence-electron chi connectivity index (χ3n) is 4.73. The van der Waals surface area contributed by atoms with Gasteiger partial charge in [0.1, 0.15) is 25.1 Å². The lowest BCUT2D eigenvalue weighted by Crippen LogP contribution is -2.70. The standard InChI is InChI=1S/C20H38N4O4/c1-13(2)17(9-25)21-23(19(11-27)15(5)6)24(20(12-28)16(7)8)22-18(10-26)14(3)4/h9-22H,1-8H3/t17-,18-,19-,20-/m1/s1. The number of carbonyl (C=O) groups excluding carboxylic acids is 4. The summed E-state index contributed by atoms with van der Waals surface area (Å²) in [6.07, 6.45) is 3.12. The van der Waals surface area contributed by atoms with Crippen molar-refractivity contribution in [2.75, 3.05) is 0 Å². The molecule has 0 bridgehead atoms. The van der Waals surface area contributed by atoms with E-state index in [9.17, 15) is 19.2 Å². The van der Waals surface area contributed by atoms with Crippen molar-refractivity contribution in [3.05, 3.63) is 0 Å². The van der Waals surface area contributed by atoms with Gasteiger partial charge in [0.2, 0.25) is 0 Å². The van der Waals surface area contributed by atoms with Gasteiger partial charge in [0, 0.05) is 0 Å². The zero-order valence-electron chi connectivity index (χ0n) is 18.5. The molecule has 28 heavy (non-hydrogen) atoms. The number of hydrogen-bond acceptors (Lipinski definition) is 8. The largest absolute Gasteiger partial charge is 0.302 e. The first-order valence-electron chi connectivity index (χ1n) is 9.97. The quantitative estimate of drug-likeness (QED) is 0.316. The molecule has 0 heterocycles. The number of hydrazine groups is 3. The summed E-state index contributed by atoms with van der Waals surface area (Å²) in [4.78, 5) is 47.0. The van der Waals surface area contributed by atoms with Crippen molar-refractivity contribution in [2.24, 2.45) is 23.7 Å². The lowest BCUT2D eigenvalue weighted by molar-refractivity contribution is -0.192. The smallest absolute Gasteiger partial charge is 0.140 e. The van der Waals surface area contributed by atoms with Crippen molar-refractivity contribution >= 4 is 25.1 Å². The average Bonchev–Trinajstić information content (AvgIpc) is 2.60. The molecule has 0 unspecified atom stereocenters. The topological polar surface area (TPSA) is 98.8 Å². The SMILES string of the molecule is CC(C)[C@@H](C=O)N(N[C@H](C=O)C(C)C)N(N[C@H](C=O)C(C)C)[C@H](C=O)C(C)C. The Bertz CT molecular complexity index is 453. The molecule has 0 saturated heterocycles. The lowest BCUT2D eigenvalue weighted by Gasteiger charge is -2.46. The van der Waals surface area contributed by atoms with Crippen LogP contribution in [-0.2, 0) is 19.2 Å². The Morgan fingerprint density at radius 2 is 0.786 bits per heavy atom. The van der Waals surface area contributed by atoms with Gasteiger partial charge in [-0.25, -0.2) is 10.9 Å². The van der Waals surface area contributed by atoms with Gasteiger partial charge in [-0.05, 0) is 23.7 Å². The molecule has 0 aliphatic carbocycles. The van der Waals surface area contributed by atoms with Crippen molar-refractivity contribution in [2.45, 2.75) is 79.6 Å². The van der Waals surface area contributed by atoms with Gasteiger partial charge in [0.25, 0.3) is 0 Å². The Labute approximate surface area is 169 Å². The van der Waals surface area contributed by atoms with E-state index in [2.05, 4.69) is 10.9 Å². The number of nitrogens with one attached hydrogen (secondary N) is 2. The Morgan fingerprint density at radius 3 is 0.929 bits per heavy atom. The first kappa shape index (κ1) is 26.5. The number of aldehydes is 4. The molecule has 0 amide bonds. The highest BCUT2D eigenvalue weighted by Gasteiger charge is 2.36. The van der Waals surface area contributed by atoms with Crippen LogP contribution in [0.25, 0.3) is 0 Å². The van der Waals surface area contributed by atoms with Crippen LogP contribution in [0.5, 0.6) is 0 Å². The highest BCUT2D eigenvalue weighted by molar-refractivity contribution is 5.61. The fourth-order valence-electron chi connectivity index (χ4n) is 2.56. The summed E-state index contributed by atoms with van der Waals surface area (Å²) < 4.78 is 0. The van der Waals surface area contributed by atoms with Gasteiger partial charge in [-0.15, -0.1) is 0 Å². The van der Waals surface area contributed by atoms with E-state index in [1.54, 1.807) is 0 Å². The molecular formula is C20H38N4O4. The molecule has 0 aliphatic rings. The maximum Gasteiger partial charge on any atom is 0.140 e. The second-order valence-corrected chi connectivity index (χ2v) is 8.50. The van der Waals surface area contributed by atoms with Crippen molar-refractivity contribution < 1.29 is 19.2 Å². The van der Waals surface area contributed by atoms with Gasteiger partial charge in [0.15, 0.2) is 0 Å². The van der Waals surface area contributed by atoms with E-state index in [1.165, 1.54) is 10.2 Å². The van der Waals surface area contributed by atoms with E-state index in [0.717, 1.165) is 25.1 Å². The van der Waals surface area contributed by atoms with Crippen molar-refractivity contribution in [3.63, 3.8) is 0 Å². The average molecular weight is 399 g/mol. The molecule has 0 aromatic heterocycles. The lowest BCUT2D eigenvalue weighted by atomic mass is 10.0. The second-order valence-electron chi connectivity index (χ2n) is 8.50. The van der Waals surface area contributed by atoms with E-state index in [4.69, 9.17) is 0 Å². The van der Waals surface area contributed by atoms with Crippen molar-refractivity contribution in [3.8, 4) is 0 Å². The number of nitrogens with zero attached hydrogens (tertiary/aromatic N) is 2. The monoisotopic (exact) mass is 398 g/mol. The molecule has 0 spiro atoms. The van der Waals surface area contributed by atoms with E-state index in [0.29, 0.717) is 0 Å². The van der Waals surface area contributed by atoms with Gasteiger partial charge in [-0.2, -0.15) is 10.2 Å². The summed E-state index contributed by atoms with van der Waals surface area (Å²) in [5.41, 5.74) is 6.19. The van der Waals surface area contributed by atoms with E-state index in [1.807, 2.05) is 55.4 Å². The Balaban J connectivity index is 6.28. The van der Waals surface area contributed by atoms with Crippen LogP contribution in [0.3, 0.4) is 0 Å². The first-order valence-corrected chi connectivity index (χ1v) is 9.97. The summed E-state index contributed by atoms with van der Waals surface area (Å²) >= 11 is 0. The molecule has 0 aromatic rings. The van der Waals surface area contributed by atoms with Gasteiger partial charge < -0.3 is 19.2 Å². The molecule has 0 fully saturated rings. The van der Waals surface area contributed by atoms with E-state index >= 15 is 0 Å². The fourth-order valence-corrected chi connectivity index (χ4v) is 2.56. The Hall–Kier alpha value is -1.48. The van der Waals surface area contributed by atoms with Crippen LogP contribution in [0, 0.1) is 23.7 Å². The molecular weight excluding hydrogens is 360 g/mol. The van der Waals surface area contributed by atoms with Crippen LogP contribution in [0.15, 0.2) is 0 Å². The normalized spacial score (nSPS) is 16.6. The molecule has 4 atom stereocenters. The predicted molar refractivity (Wildman–Crippen MR) is 109 cm³/mol. The molecule has 0 saturated carbocycles. The van der Waals surface area contributed by atoms with E-state index in [-0.39, 0.29) is 23.7 Å². The van der Waals surface area contributed by atoms with Crippen LogP contribution < -0.4 is 10.9 Å². The van der Waals surface area contributed by atoms with Crippen LogP contribution in [0.1, 0.15) is 55.4 Å². The molecule has 0 radical (unpaired) electrons. The summed E-state index contributed by atoms with van der Waals surface area (Å²) in [5, 5.41) is 3.02. The maximum absolute atomic E-state index is 11.9. The van der Waals surface area contributed by atoms with Gasteiger partial charge in [-0.1, -0.05) is 55.4 Å². The fraction of sp³-hybridized carbons (Fsp3) is 0.800. The maximum atomic E-state index is 11.9. The van der Waals surface area contributed by atoms with Gasteiger partial charge in [-0.3, -0.25) is 0 Å². The third kappa shape index (κ3) is 7.50. The highest BCUT2D eigenvalue weighted by atomic mass is 16.1. The van der Waals surface area contributed by atoms with E-state index < -0.39 is 24.2 Å². The number of hydrogen-bond donors (Lipinski definition) is 2. The van der Waals surface area contributed by atoms with Crippen LogP contribution in [0.4, 0.5) is 0 Å². The van der Waals surface area contributed by atoms with Crippen molar-refractivity contribution in [1.29, 1.82) is 0 Å². The minimum Gasteiger partial charge on any atom is -0.302 e. The zero-order valence-corrected chi connectivity index (χ0v) is 18.5. The summed E-state index contributed by atoms with van der Waals surface area (Å²) in [5.74, 6) is -0.298. The molecule has 8 nitrogen and oxygen atoms in total. The Morgan fingerprint density at radius 1 is 0.500 bits per heavy atom. The molecule has 8 heteroatoms. The predicted octanol–water partition coefficient (Wildman–Crippen LogP) is 1.41. The van der Waals surface area contributed by atoms with Gasteiger partial charge >= 0.3 is 0 Å². The third-order valence-corrected chi connectivity index (χ3v) is 4.73. The molecule has 2 N–H and O–H groups in total.